The average Bonchev–Trinajstić information content (AvgIpc) is 3.02. The molecule has 0 aliphatic rings. The van der Waals surface area contributed by atoms with E-state index in [2.05, 4.69) is 10.3 Å². The number of carbonyl (C=O) groups is 2. The van der Waals surface area contributed by atoms with Gasteiger partial charge < -0.3 is 11.1 Å². The Bertz CT molecular complexity index is 1240. The van der Waals surface area contributed by atoms with E-state index in [0.29, 0.717) is 39.2 Å². The third-order valence-corrected chi connectivity index (χ3v) is 5.43. The van der Waals surface area contributed by atoms with Crippen molar-refractivity contribution in [1.29, 1.82) is 0 Å². The summed E-state index contributed by atoms with van der Waals surface area (Å²) >= 11 is 18.1. The fraction of sp³-hybridized carbons (Fsp3) is 0.238. The summed E-state index contributed by atoms with van der Waals surface area (Å²) < 4.78 is 2.17. The molecule has 0 spiro atoms. The molecule has 0 unspecified atom stereocenters. The second-order valence-corrected chi connectivity index (χ2v) is 8.23. The van der Waals surface area contributed by atoms with Crippen molar-refractivity contribution in [3.8, 4) is 0 Å². The SMILES string of the molecule is CCNC(=O)n1c(Cc2ccc(Cl)cc2Cl)cn(CC(=O)Cc2nc(Cl)ccc2N)c1=O. The molecule has 0 saturated heterocycles. The van der Waals surface area contributed by atoms with Crippen LogP contribution in [-0.2, 0) is 24.2 Å². The van der Waals surface area contributed by atoms with Crippen LogP contribution in [0.5, 0.6) is 0 Å². The molecular weight excluding hydrogens is 477 g/mol. The maximum atomic E-state index is 12.9. The quantitative estimate of drug-likeness (QED) is 0.486. The number of nitrogens with two attached hydrogens (primary N) is 1. The van der Waals surface area contributed by atoms with Crippen LogP contribution in [0, 0.1) is 0 Å². The molecule has 1 aromatic carbocycles. The van der Waals surface area contributed by atoms with Crippen molar-refractivity contribution >= 4 is 52.3 Å². The monoisotopic (exact) mass is 495 g/mol. The number of nitrogens with one attached hydrogen (secondary N) is 1. The molecule has 0 fully saturated rings. The number of carbonyl (C=O) groups excluding carboxylic acids is 2. The van der Waals surface area contributed by atoms with Gasteiger partial charge in [-0.05, 0) is 36.8 Å². The van der Waals surface area contributed by atoms with E-state index in [1.54, 1.807) is 31.2 Å². The minimum Gasteiger partial charge on any atom is -0.397 e. The number of ketones is 1. The van der Waals surface area contributed by atoms with Crippen molar-refractivity contribution in [1.82, 2.24) is 19.4 Å². The normalized spacial score (nSPS) is 10.9. The lowest BCUT2D eigenvalue weighted by atomic mass is 10.1. The topological polar surface area (TPSA) is 112 Å². The third kappa shape index (κ3) is 5.51. The highest BCUT2D eigenvalue weighted by Gasteiger charge is 2.20. The largest absolute Gasteiger partial charge is 0.397 e. The first-order valence-electron chi connectivity index (χ1n) is 9.65. The Hall–Kier alpha value is -2.81. The number of benzene rings is 1. The summed E-state index contributed by atoms with van der Waals surface area (Å²) in [6.45, 7) is 1.80. The van der Waals surface area contributed by atoms with E-state index in [1.807, 2.05) is 0 Å². The van der Waals surface area contributed by atoms with Crippen molar-refractivity contribution in [2.45, 2.75) is 26.3 Å². The molecule has 3 N–H and O–H groups in total. The minimum absolute atomic E-state index is 0.108. The molecule has 3 aromatic rings. The molecular formula is C21H20Cl3N5O3. The number of hydrogen-bond donors (Lipinski definition) is 2. The molecule has 11 heteroatoms. The summed E-state index contributed by atoms with van der Waals surface area (Å²) in [6, 6.07) is 7.45. The molecule has 0 aliphatic heterocycles. The average molecular weight is 497 g/mol. The lowest BCUT2D eigenvalue weighted by molar-refractivity contribution is -0.119. The van der Waals surface area contributed by atoms with Gasteiger partial charge in [0, 0.05) is 29.2 Å². The van der Waals surface area contributed by atoms with E-state index in [4.69, 9.17) is 40.5 Å². The first-order valence-corrected chi connectivity index (χ1v) is 10.8. The number of nitrogens with zero attached hydrogens (tertiary/aromatic N) is 3. The van der Waals surface area contributed by atoms with Crippen molar-refractivity contribution in [2.75, 3.05) is 12.3 Å². The van der Waals surface area contributed by atoms with E-state index >= 15 is 0 Å². The number of aromatic nitrogens is 3. The predicted octanol–water partition coefficient (Wildman–Crippen LogP) is 3.57. The van der Waals surface area contributed by atoms with Gasteiger partial charge in [-0.2, -0.15) is 0 Å². The second kappa shape index (κ2) is 10.2. The number of rotatable bonds is 7. The number of Topliss-reactive ketones (excluding diaryl/α,β-unsaturated/α-hetero) is 1. The second-order valence-electron chi connectivity index (χ2n) is 7.00. The zero-order chi connectivity index (χ0) is 23.4. The molecule has 8 nitrogen and oxygen atoms in total. The van der Waals surface area contributed by atoms with Crippen LogP contribution in [0.25, 0.3) is 0 Å². The van der Waals surface area contributed by atoms with E-state index in [9.17, 15) is 14.4 Å². The number of halogens is 3. The Labute approximate surface area is 198 Å². The van der Waals surface area contributed by atoms with Gasteiger partial charge in [0.1, 0.15) is 5.15 Å². The lowest BCUT2D eigenvalue weighted by Crippen LogP contribution is -2.38. The third-order valence-electron chi connectivity index (χ3n) is 4.63. The number of imidazole rings is 1. The maximum absolute atomic E-state index is 12.9. The maximum Gasteiger partial charge on any atom is 0.337 e. The highest BCUT2D eigenvalue weighted by atomic mass is 35.5. The van der Waals surface area contributed by atoms with Gasteiger partial charge in [0.25, 0.3) is 0 Å². The van der Waals surface area contributed by atoms with Crippen LogP contribution in [0.2, 0.25) is 15.2 Å². The molecule has 0 atom stereocenters. The summed E-state index contributed by atoms with van der Waals surface area (Å²) in [7, 11) is 0. The van der Waals surface area contributed by atoms with Gasteiger partial charge in [-0.1, -0.05) is 40.9 Å². The molecule has 0 aliphatic carbocycles. The smallest absolute Gasteiger partial charge is 0.337 e. The number of amides is 1. The van der Waals surface area contributed by atoms with Crippen molar-refractivity contribution < 1.29 is 9.59 Å². The Morgan fingerprint density at radius 1 is 1.16 bits per heavy atom. The van der Waals surface area contributed by atoms with Crippen LogP contribution in [0.15, 0.2) is 41.3 Å². The molecule has 3 rings (SSSR count). The van der Waals surface area contributed by atoms with Crippen molar-refractivity contribution in [3.63, 3.8) is 0 Å². The van der Waals surface area contributed by atoms with Crippen molar-refractivity contribution in [2.24, 2.45) is 0 Å². The zero-order valence-electron chi connectivity index (χ0n) is 17.1. The van der Waals surface area contributed by atoms with Crippen LogP contribution < -0.4 is 16.7 Å². The molecule has 32 heavy (non-hydrogen) atoms. The number of anilines is 1. The molecule has 0 radical (unpaired) electrons. The Morgan fingerprint density at radius 3 is 2.59 bits per heavy atom. The minimum atomic E-state index is -0.642. The first-order chi connectivity index (χ1) is 15.2. The van der Waals surface area contributed by atoms with Crippen LogP contribution in [0.1, 0.15) is 23.9 Å². The van der Waals surface area contributed by atoms with Crippen LogP contribution in [0.4, 0.5) is 10.5 Å². The number of pyridine rings is 1. The first kappa shape index (κ1) is 23.8. The van der Waals surface area contributed by atoms with Crippen molar-refractivity contribution in [3.05, 3.63) is 79.2 Å². The van der Waals surface area contributed by atoms with Crippen LogP contribution >= 0.6 is 34.8 Å². The summed E-state index contributed by atoms with van der Waals surface area (Å²) in [5.41, 5.74) is 6.91. The Kier molecular flexibility index (Phi) is 7.60. The van der Waals surface area contributed by atoms with Crippen LogP contribution in [0.3, 0.4) is 0 Å². The van der Waals surface area contributed by atoms with Gasteiger partial charge in [0.15, 0.2) is 5.78 Å². The van der Waals surface area contributed by atoms with E-state index in [1.165, 1.54) is 16.8 Å². The summed E-state index contributed by atoms with van der Waals surface area (Å²) in [5, 5.41) is 3.69. The van der Waals surface area contributed by atoms with Gasteiger partial charge >= 0.3 is 11.7 Å². The standard InChI is InChI=1S/C21H20Cl3N5O3/c1-2-26-20(31)29-14(7-12-3-4-13(22)8-16(12)23)10-28(21(29)32)11-15(30)9-18-17(25)5-6-19(24)27-18/h3-6,8,10H,2,7,9,11,25H2,1H3,(H,26,31). The molecule has 1 amide bonds. The van der Waals surface area contributed by atoms with Gasteiger partial charge in [0.05, 0.1) is 30.0 Å². The fourth-order valence-corrected chi connectivity index (χ4v) is 3.79. The Morgan fingerprint density at radius 2 is 1.91 bits per heavy atom. The predicted molar refractivity (Wildman–Crippen MR) is 125 cm³/mol. The van der Waals surface area contributed by atoms with E-state index < -0.39 is 11.7 Å². The highest BCUT2D eigenvalue weighted by Crippen LogP contribution is 2.23. The molecule has 2 aromatic heterocycles. The van der Waals surface area contributed by atoms with Gasteiger partial charge in [-0.3, -0.25) is 9.36 Å². The highest BCUT2D eigenvalue weighted by molar-refractivity contribution is 6.35. The molecule has 168 valence electrons. The summed E-state index contributed by atoms with van der Waals surface area (Å²) in [5.74, 6) is -0.322. The van der Waals surface area contributed by atoms with Crippen LogP contribution in [-0.4, -0.2) is 32.5 Å². The number of nitrogen functional groups attached to an aromatic ring is 1. The van der Waals surface area contributed by atoms with Gasteiger partial charge in [0.2, 0.25) is 0 Å². The summed E-state index contributed by atoms with van der Waals surface area (Å²) in [4.78, 5) is 42.2. The molecule has 0 saturated carbocycles. The van der Waals surface area contributed by atoms with E-state index in [0.717, 1.165) is 4.57 Å². The van der Waals surface area contributed by atoms with Gasteiger partial charge in [-0.15, -0.1) is 0 Å². The summed E-state index contributed by atoms with van der Waals surface area (Å²) in [6.07, 6.45) is 1.55. The van der Waals surface area contributed by atoms with E-state index in [-0.39, 0.29) is 30.3 Å². The lowest BCUT2D eigenvalue weighted by Gasteiger charge is -2.08. The zero-order valence-corrected chi connectivity index (χ0v) is 19.3. The Balaban J connectivity index is 1.91. The fourth-order valence-electron chi connectivity index (χ4n) is 3.15. The van der Waals surface area contributed by atoms with Gasteiger partial charge in [-0.25, -0.2) is 19.1 Å². The number of hydrogen-bond acceptors (Lipinski definition) is 5. The molecule has 0 bridgehead atoms. The molecule has 2 heterocycles.